The first-order valence-corrected chi connectivity index (χ1v) is 11.7. The molecule has 3 fully saturated rings. The van der Waals surface area contributed by atoms with E-state index in [9.17, 15) is 28.7 Å². The van der Waals surface area contributed by atoms with E-state index >= 15 is 0 Å². The SMILES string of the molecule is O=C(O)CC(NC(=O)C1N(C(=O)c2cccc(F)c2)CCN1C(=O)C1CC1)C1CCCCC1. The van der Waals surface area contributed by atoms with Gasteiger partial charge in [-0.25, -0.2) is 4.39 Å². The first-order valence-electron chi connectivity index (χ1n) is 11.7. The second-order valence-electron chi connectivity index (χ2n) is 9.30. The molecular formula is C24H30FN3O5. The number of hydrogen-bond acceptors (Lipinski definition) is 4. The van der Waals surface area contributed by atoms with Crippen LogP contribution in [0, 0.1) is 17.7 Å². The average molecular weight is 460 g/mol. The van der Waals surface area contributed by atoms with Crippen molar-refractivity contribution < 1.29 is 28.7 Å². The van der Waals surface area contributed by atoms with Crippen LogP contribution < -0.4 is 5.32 Å². The van der Waals surface area contributed by atoms with Crippen LogP contribution in [0.5, 0.6) is 0 Å². The molecule has 2 atom stereocenters. The molecule has 0 bridgehead atoms. The Morgan fingerprint density at radius 1 is 1.03 bits per heavy atom. The van der Waals surface area contributed by atoms with Crippen molar-refractivity contribution in [3.05, 3.63) is 35.6 Å². The van der Waals surface area contributed by atoms with Crippen molar-refractivity contribution in [2.75, 3.05) is 13.1 Å². The molecule has 2 aliphatic carbocycles. The van der Waals surface area contributed by atoms with Gasteiger partial charge < -0.3 is 20.2 Å². The molecule has 4 rings (SSSR count). The zero-order valence-corrected chi connectivity index (χ0v) is 18.5. The molecule has 1 aromatic carbocycles. The number of nitrogens with zero attached hydrogens (tertiary/aromatic N) is 2. The topological polar surface area (TPSA) is 107 Å². The molecule has 2 unspecified atom stereocenters. The predicted octanol–water partition coefficient (Wildman–Crippen LogP) is 2.39. The average Bonchev–Trinajstić information content (AvgIpc) is 3.56. The van der Waals surface area contributed by atoms with Gasteiger partial charge in [0.2, 0.25) is 5.91 Å². The fraction of sp³-hybridized carbons (Fsp3) is 0.583. The lowest BCUT2D eigenvalue weighted by molar-refractivity contribution is -0.143. The summed E-state index contributed by atoms with van der Waals surface area (Å²) >= 11 is 0. The summed E-state index contributed by atoms with van der Waals surface area (Å²) in [4.78, 5) is 53.8. The summed E-state index contributed by atoms with van der Waals surface area (Å²) in [5.41, 5.74) is 0.0999. The minimum Gasteiger partial charge on any atom is -0.481 e. The zero-order chi connectivity index (χ0) is 23.5. The summed E-state index contributed by atoms with van der Waals surface area (Å²) in [6, 6.07) is 4.67. The van der Waals surface area contributed by atoms with E-state index in [1.54, 1.807) is 0 Å². The van der Waals surface area contributed by atoms with Gasteiger partial charge in [-0.3, -0.25) is 19.2 Å². The normalized spacial score (nSPS) is 22.2. The van der Waals surface area contributed by atoms with E-state index in [1.807, 2.05) is 0 Å². The van der Waals surface area contributed by atoms with Gasteiger partial charge in [-0.1, -0.05) is 25.3 Å². The Balaban J connectivity index is 1.57. The number of nitrogens with one attached hydrogen (secondary N) is 1. The number of carbonyl (C=O) groups is 4. The fourth-order valence-corrected chi connectivity index (χ4v) is 5.02. The Labute approximate surface area is 192 Å². The monoisotopic (exact) mass is 459 g/mol. The molecule has 1 aromatic rings. The highest BCUT2D eigenvalue weighted by atomic mass is 19.1. The molecule has 1 aliphatic heterocycles. The highest BCUT2D eigenvalue weighted by Gasteiger charge is 2.47. The largest absolute Gasteiger partial charge is 0.481 e. The first-order chi connectivity index (χ1) is 15.8. The van der Waals surface area contributed by atoms with Gasteiger partial charge in [0.05, 0.1) is 6.42 Å². The molecule has 178 valence electrons. The summed E-state index contributed by atoms with van der Waals surface area (Å²) in [5, 5.41) is 12.3. The number of rotatable bonds is 7. The van der Waals surface area contributed by atoms with Crippen molar-refractivity contribution in [3.8, 4) is 0 Å². The van der Waals surface area contributed by atoms with Crippen LogP contribution in [0.4, 0.5) is 4.39 Å². The molecule has 9 heteroatoms. The standard InChI is InChI=1S/C24H30FN3O5/c25-18-8-4-7-17(13-18)24(33)28-12-11-27(23(32)16-9-10-16)22(28)21(31)26-19(14-20(29)30)15-5-2-1-3-6-15/h4,7-8,13,15-16,19,22H,1-3,5-6,9-12,14H2,(H,26,31)(H,29,30). The van der Waals surface area contributed by atoms with E-state index in [1.165, 1.54) is 28.0 Å². The molecule has 2 N–H and O–H groups in total. The van der Waals surface area contributed by atoms with Crippen LogP contribution in [0.25, 0.3) is 0 Å². The summed E-state index contributed by atoms with van der Waals surface area (Å²) in [5.74, 6) is -2.92. The van der Waals surface area contributed by atoms with Crippen LogP contribution in [0.15, 0.2) is 24.3 Å². The molecule has 1 heterocycles. The molecule has 0 spiro atoms. The smallest absolute Gasteiger partial charge is 0.305 e. The molecule has 0 radical (unpaired) electrons. The van der Waals surface area contributed by atoms with Gasteiger partial charge in [-0.2, -0.15) is 0 Å². The van der Waals surface area contributed by atoms with Crippen molar-refractivity contribution in [1.29, 1.82) is 0 Å². The minimum atomic E-state index is -1.17. The number of aliphatic carboxylic acids is 1. The maximum absolute atomic E-state index is 13.7. The Kier molecular flexibility index (Phi) is 6.95. The minimum absolute atomic E-state index is 0.0418. The van der Waals surface area contributed by atoms with Crippen molar-refractivity contribution in [1.82, 2.24) is 15.1 Å². The van der Waals surface area contributed by atoms with Gasteiger partial charge in [-0.05, 0) is 49.8 Å². The molecule has 2 saturated carbocycles. The fourth-order valence-electron chi connectivity index (χ4n) is 5.02. The lowest BCUT2D eigenvalue weighted by atomic mass is 9.82. The van der Waals surface area contributed by atoms with E-state index in [4.69, 9.17) is 0 Å². The maximum atomic E-state index is 13.7. The third kappa shape index (κ3) is 5.34. The van der Waals surface area contributed by atoms with E-state index < -0.39 is 35.8 Å². The summed E-state index contributed by atoms with van der Waals surface area (Å²) in [6.45, 7) is 0.362. The molecule has 8 nitrogen and oxygen atoms in total. The van der Waals surface area contributed by atoms with Gasteiger partial charge >= 0.3 is 5.97 Å². The van der Waals surface area contributed by atoms with Gasteiger partial charge in [0, 0.05) is 30.6 Å². The zero-order valence-electron chi connectivity index (χ0n) is 18.5. The number of hydrogen-bond donors (Lipinski definition) is 2. The Morgan fingerprint density at radius 2 is 1.73 bits per heavy atom. The van der Waals surface area contributed by atoms with Crippen LogP contribution >= 0.6 is 0 Å². The Morgan fingerprint density at radius 3 is 2.36 bits per heavy atom. The Bertz CT molecular complexity index is 928. The Hall–Kier alpha value is -2.97. The van der Waals surface area contributed by atoms with Crippen molar-refractivity contribution in [2.24, 2.45) is 11.8 Å². The quantitative estimate of drug-likeness (QED) is 0.651. The third-order valence-corrected chi connectivity index (χ3v) is 6.89. The third-order valence-electron chi connectivity index (χ3n) is 6.89. The number of carbonyl (C=O) groups excluding carboxylic acids is 3. The maximum Gasteiger partial charge on any atom is 0.305 e. The van der Waals surface area contributed by atoms with Crippen LogP contribution in [-0.2, 0) is 14.4 Å². The molecule has 3 aliphatic rings. The number of carboxylic acid groups (broad SMARTS) is 1. The van der Waals surface area contributed by atoms with Crippen LogP contribution in [-0.4, -0.2) is 63.9 Å². The van der Waals surface area contributed by atoms with Gasteiger partial charge in [-0.15, -0.1) is 0 Å². The van der Waals surface area contributed by atoms with E-state index in [-0.39, 0.29) is 42.8 Å². The number of halogens is 1. The van der Waals surface area contributed by atoms with Crippen molar-refractivity contribution in [2.45, 2.75) is 63.6 Å². The second-order valence-corrected chi connectivity index (χ2v) is 9.30. The summed E-state index contributed by atoms with van der Waals surface area (Å²) in [7, 11) is 0. The summed E-state index contributed by atoms with van der Waals surface area (Å²) < 4.78 is 13.7. The van der Waals surface area contributed by atoms with Crippen LogP contribution in [0.2, 0.25) is 0 Å². The first kappa shape index (κ1) is 23.2. The van der Waals surface area contributed by atoms with E-state index in [0.717, 1.165) is 51.0 Å². The molecule has 1 saturated heterocycles. The molecule has 3 amide bonds. The second kappa shape index (κ2) is 9.89. The molecule has 33 heavy (non-hydrogen) atoms. The van der Waals surface area contributed by atoms with Gasteiger partial charge in [0.1, 0.15) is 5.82 Å². The van der Waals surface area contributed by atoms with Crippen molar-refractivity contribution >= 4 is 23.7 Å². The van der Waals surface area contributed by atoms with Crippen LogP contribution in [0.3, 0.4) is 0 Å². The van der Waals surface area contributed by atoms with Crippen molar-refractivity contribution in [3.63, 3.8) is 0 Å². The van der Waals surface area contributed by atoms with E-state index in [2.05, 4.69) is 5.32 Å². The molecule has 0 aromatic heterocycles. The highest BCUT2D eigenvalue weighted by molar-refractivity contribution is 5.99. The predicted molar refractivity (Wildman–Crippen MR) is 116 cm³/mol. The van der Waals surface area contributed by atoms with Gasteiger partial charge in [0.25, 0.3) is 11.8 Å². The van der Waals surface area contributed by atoms with Crippen LogP contribution in [0.1, 0.15) is 61.7 Å². The van der Waals surface area contributed by atoms with Gasteiger partial charge in [0.15, 0.2) is 6.17 Å². The number of benzene rings is 1. The molecular weight excluding hydrogens is 429 g/mol. The number of amides is 3. The summed E-state index contributed by atoms with van der Waals surface area (Å²) in [6.07, 6.45) is 4.85. The highest BCUT2D eigenvalue weighted by Crippen LogP contribution is 2.34. The number of carboxylic acids is 1. The lowest BCUT2D eigenvalue weighted by Gasteiger charge is -2.34. The lowest BCUT2D eigenvalue weighted by Crippen LogP contribution is -2.57. The van der Waals surface area contributed by atoms with E-state index in [0.29, 0.717) is 0 Å².